The van der Waals surface area contributed by atoms with Crippen LogP contribution in [0.5, 0.6) is 0 Å². The van der Waals surface area contributed by atoms with Gasteiger partial charge in [0.15, 0.2) is 0 Å². The lowest BCUT2D eigenvalue weighted by Crippen LogP contribution is -2.22. The number of aliphatic imine (C=N–C) groups is 1. The van der Waals surface area contributed by atoms with E-state index in [1.807, 2.05) is 42.6 Å². The Bertz CT molecular complexity index is 604. The van der Waals surface area contributed by atoms with Crippen molar-refractivity contribution in [2.45, 2.75) is 0 Å². The van der Waals surface area contributed by atoms with Crippen LogP contribution in [-0.2, 0) is 0 Å². The first kappa shape index (κ1) is 8.36. The lowest BCUT2D eigenvalue weighted by atomic mass is 10.1. The largest absolute Gasteiger partial charge is 0.288 e. The van der Waals surface area contributed by atoms with Gasteiger partial charge in [-0.1, -0.05) is 24.3 Å². The molecule has 2 heterocycles. The van der Waals surface area contributed by atoms with Crippen LogP contribution in [0.1, 0.15) is 0 Å². The maximum atomic E-state index is 4.57. The summed E-state index contributed by atoms with van der Waals surface area (Å²) in [4.78, 5) is 8.90. The molecule has 0 bridgehead atoms. The maximum Gasteiger partial charge on any atom is 0.0713 e. The topological polar surface area (TPSA) is 24.7 Å². The van der Waals surface area contributed by atoms with E-state index in [9.17, 15) is 0 Å². The Balaban J connectivity index is 2.35. The van der Waals surface area contributed by atoms with Crippen molar-refractivity contribution in [2.24, 2.45) is 9.98 Å². The quantitative estimate of drug-likeness (QED) is 0.588. The first-order valence-electron chi connectivity index (χ1n) is 4.99. The zero-order valence-electron chi connectivity index (χ0n) is 8.22. The van der Waals surface area contributed by atoms with E-state index in [-0.39, 0.29) is 0 Å². The van der Waals surface area contributed by atoms with E-state index in [0.29, 0.717) is 0 Å². The molecule has 0 saturated heterocycles. The molecule has 2 aliphatic heterocycles. The lowest BCUT2D eigenvalue weighted by Gasteiger charge is -2.00. The summed E-state index contributed by atoms with van der Waals surface area (Å²) in [7, 11) is 0. The summed E-state index contributed by atoms with van der Waals surface area (Å²) in [5.41, 5.74) is 2.27. The standard InChI is InChI=1S/C13H10N2/c1-2-6-12-10(5-1)11-9-14-8-4-3-7-13(11)15-12/h1-8H,9H2/b4-3-,13-7+,14-8?. The Kier molecular flexibility index (Phi) is 1.85. The summed E-state index contributed by atoms with van der Waals surface area (Å²) in [6, 6.07) is 8.21. The number of benzene rings is 1. The highest BCUT2D eigenvalue weighted by atomic mass is 14.8. The summed E-state index contributed by atoms with van der Waals surface area (Å²) in [5, 5.41) is 2.28. The molecule has 15 heavy (non-hydrogen) atoms. The number of para-hydroxylation sites is 1. The molecule has 0 amide bonds. The van der Waals surface area contributed by atoms with Crippen LogP contribution in [0.15, 0.2) is 58.2 Å². The molecule has 2 nitrogen and oxygen atoms in total. The molecule has 0 N–H and O–H groups in total. The summed E-state index contributed by atoms with van der Waals surface area (Å²) < 4.78 is 0. The molecular weight excluding hydrogens is 184 g/mol. The SMILES string of the molecule is C1=NCC2=c3ccccc3=N/C2=C/C=C\1. The molecule has 0 atom stereocenters. The number of fused-ring (bicyclic) bond motifs is 2. The first-order chi connectivity index (χ1) is 7.45. The van der Waals surface area contributed by atoms with Gasteiger partial charge in [0.1, 0.15) is 0 Å². The lowest BCUT2D eigenvalue weighted by molar-refractivity contribution is 1.24. The molecule has 0 aliphatic carbocycles. The molecule has 3 rings (SSSR count). The van der Waals surface area contributed by atoms with E-state index in [2.05, 4.69) is 16.1 Å². The molecule has 72 valence electrons. The molecule has 1 aromatic carbocycles. The van der Waals surface area contributed by atoms with E-state index < -0.39 is 0 Å². The van der Waals surface area contributed by atoms with Gasteiger partial charge in [0.05, 0.1) is 17.6 Å². The van der Waals surface area contributed by atoms with E-state index >= 15 is 0 Å². The maximum absolute atomic E-state index is 4.57. The van der Waals surface area contributed by atoms with Crippen molar-refractivity contribution in [3.05, 3.63) is 58.8 Å². The van der Waals surface area contributed by atoms with Gasteiger partial charge >= 0.3 is 0 Å². The van der Waals surface area contributed by atoms with Crippen molar-refractivity contribution < 1.29 is 0 Å². The van der Waals surface area contributed by atoms with Gasteiger partial charge < -0.3 is 0 Å². The minimum atomic E-state index is 0.719. The van der Waals surface area contributed by atoms with Crippen molar-refractivity contribution in [2.75, 3.05) is 6.54 Å². The first-order valence-corrected chi connectivity index (χ1v) is 4.99. The zero-order valence-corrected chi connectivity index (χ0v) is 8.22. The van der Waals surface area contributed by atoms with Crippen molar-refractivity contribution in [3.63, 3.8) is 0 Å². The third-order valence-electron chi connectivity index (χ3n) is 2.59. The average Bonchev–Trinajstić information content (AvgIpc) is 2.55. The number of rotatable bonds is 0. The van der Waals surface area contributed by atoms with Crippen molar-refractivity contribution in [3.8, 4) is 0 Å². The molecule has 0 unspecified atom stereocenters. The van der Waals surface area contributed by atoms with Gasteiger partial charge in [0.2, 0.25) is 0 Å². The Hall–Kier alpha value is -1.96. The van der Waals surface area contributed by atoms with E-state index in [1.165, 1.54) is 10.8 Å². The molecule has 2 aliphatic rings. The van der Waals surface area contributed by atoms with E-state index in [0.717, 1.165) is 17.6 Å². The third-order valence-corrected chi connectivity index (χ3v) is 2.59. The van der Waals surface area contributed by atoms with Gasteiger partial charge in [-0.3, -0.25) is 4.99 Å². The van der Waals surface area contributed by atoms with Crippen LogP contribution in [0.3, 0.4) is 0 Å². The van der Waals surface area contributed by atoms with E-state index in [1.54, 1.807) is 0 Å². The minimum absolute atomic E-state index is 0.719. The molecule has 1 aromatic rings. The van der Waals surface area contributed by atoms with Gasteiger partial charge in [0.25, 0.3) is 0 Å². The van der Waals surface area contributed by atoms with Crippen LogP contribution in [0.4, 0.5) is 0 Å². The minimum Gasteiger partial charge on any atom is -0.288 e. The fraction of sp³-hybridized carbons (Fsp3) is 0.0769. The summed E-state index contributed by atoms with van der Waals surface area (Å²) in [6.07, 6.45) is 7.79. The monoisotopic (exact) mass is 194 g/mol. The van der Waals surface area contributed by atoms with Crippen molar-refractivity contribution >= 4 is 11.8 Å². The summed E-state index contributed by atoms with van der Waals surface area (Å²) >= 11 is 0. The molecule has 0 spiro atoms. The second kappa shape index (κ2) is 3.31. The van der Waals surface area contributed by atoms with Gasteiger partial charge in [-0.2, -0.15) is 0 Å². The zero-order chi connectivity index (χ0) is 10.1. The number of hydrogen-bond donors (Lipinski definition) is 0. The van der Waals surface area contributed by atoms with Crippen molar-refractivity contribution in [1.82, 2.24) is 0 Å². The highest BCUT2D eigenvalue weighted by Gasteiger charge is 2.11. The van der Waals surface area contributed by atoms with Crippen LogP contribution in [0.25, 0.3) is 5.57 Å². The van der Waals surface area contributed by atoms with E-state index in [4.69, 9.17) is 0 Å². The Labute approximate surface area is 87.7 Å². The van der Waals surface area contributed by atoms with Crippen LogP contribution in [0.2, 0.25) is 0 Å². The van der Waals surface area contributed by atoms with Crippen LogP contribution in [0, 0.1) is 0 Å². The Morgan fingerprint density at radius 3 is 3.00 bits per heavy atom. The van der Waals surface area contributed by atoms with Crippen LogP contribution >= 0.6 is 0 Å². The molecule has 0 saturated carbocycles. The van der Waals surface area contributed by atoms with Crippen molar-refractivity contribution in [1.29, 1.82) is 0 Å². The van der Waals surface area contributed by atoms with Gasteiger partial charge in [-0.25, -0.2) is 4.99 Å². The smallest absolute Gasteiger partial charge is 0.0713 e. The van der Waals surface area contributed by atoms with Crippen LogP contribution < -0.4 is 10.6 Å². The fourth-order valence-electron chi connectivity index (χ4n) is 1.87. The third kappa shape index (κ3) is 1.34. The number of nitrogens with zero attached hydrogens (tertiary/aromatic N) is 2. The highest BCUT2D eigenvalue weighted by Crippen LogP contribution is 2.15. The predicted octanol–water partition coefficient (Wildman–Crippen LogP) is 0.995. The second-order valence-corrected chi connectivity index (χ2v) is 3.53. The predicted molar refractivity (Wildman–Crippen MR) is 61.2 cm³/mol. The fourth-order valence-corrected chi connectivity index (χ4v) is 1.87. The summed E-state index contributed by atoms with van der Waals surface area (Å²) in [6.45, 7) is 0.719. The molecular formula is C13H10N2. The number of allylic oxidation sites excluding steroid dienone is 3. The van der Waals surface area contributed by atoms with Gasteiger partial charge in [-0.15, -0.1) is 0 Å². The normalized spacial score (nSPS) is 22.9. The van der Waals surface area contributed by atoms with Gasteiger partial charge in [0, 0.05) is 17.0 Å². The Morgan fingerprint density at radius 1 is 1.07 bits per heavy atom. The molecule has 2 heteroatoms. The Morgan fingerprint density at radius 2 is 2.00 bits per heavy atom. The number of hydrogen-bond acceptors (Lipinski definition) is 2. The highest BCUT2D eigenvalue weighted by molar-refractivity contribution is 5.77. The molecule has 0 radical (unpaired) electrons. The average molecular weight is 194 g/mol. The summed E-state index contributed by atoms with van der Waals surface area (Å²) in [5.74, 6) is 0. The molecule has 0 aromatic heterocycles. The molecule has 0 fully saturated rings. The van der Waals surface area contributed by atoms with Gasteiger partial charge in [-0.05, 0) is 18.2 Å². The second-order valence-electron chi connectivity index (χ2n) is 3.53. The van der Waals surface area contributed by atoms with Crippen LogP contribution in [-0.4, -0.2) is 12.8 Å².